The number of amides is 2. The van der Waals surface area contributed by atoms with Crippen molar-refractivity contribution in [2.45, 2.75) is 44.6 Å². The van der Waals surface area contributed by atoms with Gasteiger partial charge in [-0.05, 0) is 25.7 Å². The largest absolute Gasteiger partial charge is 0.481 e. The van der Waals surface area contributed by atoms with Gasteiger partial charge in [0.1, 0.15) is 0 Å². The smallest absolute Gasteiger partial charge is 0.320 e. The molecule has 2 fully saturated rings. The molecule has 0 radical (unpaired) electrons. The van der Waals surface area contributed by atoms with Crippen molar-refractivity contribution in [1.82, 2.24) is 9.80 Å². The molecule has 0 aromatic rings. The fourth-order valence-electron chi connectivity index (χ4n) is 3.02. The van der Waals surface area contributed by atoms with Crippen molar-refractivity contribution in [2.24, 2.45) is 5.92 Å². The molecule has 0 aromatic carbocycles. The molecule has 102 valence electrons. The number of piperidine rings is 1. The number of carboxylic acid groups (broad SMARTS) is 1. The molecule has 0 unspecified atom stereocenters. The monoisotopic (exact) mass is 254 g/mol. The van der Waals surface area contributed by atoms with Gasteiger partial charge < -0.3 is 14.9 Å². The summed E-state index contributed by atoms with van der Waals surface area (Å²) < 4.78 is 0. The van der Waals surface area contributed by atoms with E-state index in [4.69, 9.17) is 5.11 Å². The van der Waals surface area contributed by atoms with Gasteiger partial charge >= 0.3 is 12.0 Å². The van der Waals surface area contributed by atoms with Gasteiger partial charge in [0.2, 0.25) is 0 Å². The third kappa shape index (κ3) is 2.76. The van der Waals surface area contributed by atoms with Gasteiger partial charge in [0, 0.05) is 26.2 Å². The highest BCUT2D eigenvalue weighted by Gasteiger charge is 2.32. The summed E-state index contributed by atoms with van der Waals surface area (Å²) >= 11 is 0. The van der Waals surface area contributed by atoms with Crippen molar-refractivity contribution in [3.63, 3.8) is 0 Å². The van der Waals surface area contributed by atoms with E-state index >= 15 is 0 Å². The van der Waals surface area contributed by atoms with E-state index in [1.807, 2.05) is 11.9 Å². The van der Waals surface area contributed by atoms with E-state index in [1.165, 1.54) is 12.8 Å². The highest BCUT2D eigenvalue weighted by atomic mass is 16.4. The lowest BCUT2D eigenvalue weighted by molar-refractivity contribution is -0.143. The Hall–Kier alpha value is -1.26. The zero-order valence-electron chi connectivity index (χ0n) is 11.0. The van der Waals surface area contributed by atoms with Crippen LogP contribution in [-0.4, -0.2) is 53.1 Å². The molecule has 5 heteroatoms. The maximum absolute atomic E-state index is 12.3. The van der Waals surface area contributed by atoms with Gasteiger partial charge in [-0.15, -0.1) is 0 Å². The van der Waals surface area contributed by atoms with Crippen molar-refractivity contribution >= 4 is 12.0 Å². The molecule has 1 saturated carbocycles. The van der Waals surface area contributed by atoms with Crippen LogP contribution in [0.15, 0.2) is 0 Å². The Morgan fingerprint density at radius 2 is 1.83 bits per heavy atom. The van der Waals surface area contributed by atoms with Crippen LogP contribution in [0, 0.1) is 5.92 Å². The van der Waals surface area contributed by atoms with Crippen LogP contribution in [0.1, 0.15) is 38.5 Å². The first kappa shape index (κ1) is 13.2. The van der Waals surface area contributed by atoms with Crippen LogP contribution >= 0.6 is 0 Å². The Balaban J connectivity index is 1.93. The van der Waals surface area contributed by atoms with Crippen LogP contribution in [0.3, 0.4) is 0 Å². The fraction of sp³-hybridized carbons (Fsp3) is 0.846. The lowest BCUT2D eigenvalue weighted by atomic mass is 9.98. The van der Waals surface area contributed by atoms with Gasteiger partial charge in [0.05, 0.1) is 5.92 Å². The van der Waals surface area contributed by atoms with E-state index in [0.29, 0.717) is 25.6 Å². The Morgan fingerprint density at radius 1 is 1.17 bits per heavy atom. The number of urea groups is 1. The minimum atomic E-state index is -0.781. The van der Waals surface area contributed by atoms with Crippen molar-refractivity contribution < 1.29 is 14.7 Å². The van der Waals surface area contributed by atoms with Gasteiger partial charge in [-0.2, -0.15) is 0 Å². The third-order valence-corrected chi connectivity index (χ3v) is 4.22. The zero-order chi connectivity index (χ0) is 13.1. The van der Waals surface area contributed by atoms with Crippen molar-refractivity contribution in [1.29, 1.82) is 0 Å². The van der Waals surface area contributed by atoms with Gasteiger partial charge in [-0.1, -0.05) is 12.8 Å². The number of hydrogen-bond acceptors (Lipinski definition) is 2. The number of nitrogens with zero attached hydrogens (tertiary/aromatic N) is 2. The average Bonchev–Trinajstić information content (AvgIpc) is 2.91. The maximum atomic E-state index is 12.3. The van der Waals surface area contributed by atoms with E-state index in [2.05, 4.69) is 0 Å². The van der Waals surface area contributed by atoms with E-state index < -0.39 is 5.97 Å². The lowest BCUT2D eigenvalue weighted by Crippen LogP contribution is -2.49. The van der Waals surface area contributed by atoms with Crippen LogP contribution < -0.4 is 0 Å². The van der Waals surface area contributed by atoms with Crippen LogP contribution in [0.2, 0.25) is 0 Å². The highest BCUT2D eigenvalue weighted by Crippen LogP contribution is 2.24. The van der Waals surface area contributed by atoms with E-state index in [0.717, 1.165) is 19.3 Å². The Morgan fingerprint density at radius 3 is 2.44 bits per heavy atom. The Kier molecular flexibility index (Phi) is 4.09. The number of carbonyl (C=O) groups excluding carboxylic acids is 1. The fourth-order valence-corrected chi connectivity index (χ4v) is 3.02. The maximum Gasteiger partial charge on any atom is 0.320 e. The van der Waals surface area contributed by atoms with Crippen LogP contribution in [0.5, 0.6) is 0 Å². The summed E-state index contributed by atoms with van der Waals surface area (Å²) in [6, 6.07) is 0.357. The number of hydrogen-bond donors (Lipinski definition) is 1. The second kappa shape index (κ2) is 5.59. The second-order valence-corrected chi connectivity index (χ2v) is 5.46. The van der Waals surface area contributed by atoms with E-state index in [9.17, 15) is 9.59 Å². The van der Waals surface area contributed by atoms with E-state index in [1.54, 1.807) is 4.90 Å². The van der Waals surface area contributed by atoms with Gasteiger partial charge in [0.25, 0.3) is 0 Å². The summed E-state index contributed by atoms with van der Waals surface area (Å²) in [4.78, 5) is 26.8. The number of likely N-dealkylation sites (tertiary alicyclic amines) is 1. The molecule has 1 heterocycles. The molecular weight excluding hydrogens is 232 g/mol. The molecule has 2 aliphatic rings. The van der Waals surface area contributed by atoms with Crippen LogP contribution in [0.25, 0.3) is 0 Å². The standard InChI is InChI=1S/C13H22N2O3/c1-14(11-6-2-3-7-11)13(18)15-8-4-5-10(9-15)12(16)17/h10-11H,2-9H2,1H3,(H,16,17)/t10-/m0/s1. The molecule has 2 rings (SSSR count). The minimum absolute atomic E-state index is 0.00727. The summed E-state index contributed by atoms with van der Waals surface area (Å²) in [6.07, 6.45) is 6.03. The summed E-state index contributed by atoms with van der Waals surface area (Å²) in [5.74, 6) is -1.17. The van der Waals surface area contributed by atoms with E-state index in [-0.39, 0.29) is 11.9 Å². The molecule has 5 nitrogen and oxygen atoms in total. The molecule has 1 atom stereocenters. The first-order valence-corrected chi connectivity index (χ1v) is 6.84. The third-order valence-electron chi connectivity index (χ3n) is 4.22. The normalized spacial score (nSPS) is 25.2. The quantitative estimate of drug-likeness (QED) is 0.817. The van der Waals surface area contributed by atoms with Gasteiger partial charge in [-0.25, -0.2) is 4.79 Å². The highest BCUT2D eigenvalue weighted by molar-refractivity contribution is 5.76. The predicted octanol–water partition coefficient (Wildman–Crippen LogP) is 1.78. The molecule has 0 spiro atoms. The van der Waals surface area contributed by atoms with Crippen molar-refractivity contribution in [3.8, 4) is 0 Å². The summed E-state index contributed by atoms with van der Waals surface area (Å²) in [6.45, 7) is 1.06. The lowest BCUT2D eigenvalue weighted by Gasteiger charge is -2.35. The van der Waals surface area contributed by atoms with Crippen molar-refractivity contribution in [3.05, 3.63) is 0 Å². The molecule has 0 aromatic heterocycles. The van der Waals surface area contributed by atoms with Crippen molar-refractivity contribution in [2.75, 3.05) is 20.1 Å². The number of rotatable bonds is 2. The molecule has 0 bridgehead atoms. The SMILES string of the molecule is CN(C(=O)N1CCC[C@H](C(=O)O)C1)C1CCCC1. The second-order valence-electron chi connectivity index (χ2n) is 5.46. The molecule has 1 saturated heterocycles. The minimum Gasteiger partial charge on any atom is -0.481 e. The molecule has 2 amide bonds. The van der Waals surface area contributed by atoms with Gasteiger partial charge in [0.15, 0.2) is 0 Å². The average molecular weight is 254 g/mol. The van der Waals surface area contributed by atoms with Gasteiger partial charge in [-0.3, -0.25) is 4.79 Å². The summed E-state index contributed by atoms with van der Waals surface area (Å²) in [5, 5.41) is 9.04. The van der Waals surface area contributed by atoms with Crippen LogP contribution in [-0.2, 0) is 4.79 Å². The summed E-state index contributed by atoms with van der Waals surface area (Å²) in [5.41, 5.74) is 0. The molecule has 1 aliphatic heterocycles. The first-order valence-electron chi connectivity index (χ1n) is 6.84. The Bertz CT molecular complexity index is 326. The molecule has 1 aliphatic carbocycles. The topological polar surface area (TPSA) is 60.9 Å². The number of carbonyl (C=O) groups is 2. The predicted molar refractivity (Wildman–Crippen MR) is 67.3 cm³/mol. The number of aliphatic carboxylic acids is 1. The molecular formula is C13H22N2O3. The Labute approximate surface area is 108 Å². The molecule has 18 heavy (non-hydrogen) atoms. The zero-order valence-corrected chi connectivity index (χ0v) is 11.0. The van der Waals surface area contributed by atoms with Crippen LogP contribution in [0.4, 0.5) is 4.79 Å². The first-order chi connectivity index (χ1) is 8.59. The summed E-state index contributed by atoms with van der Waals surface area (Å²) in [7, 11) is 1.85. The molecule has 1 N–H and O–H groups in total. The number of carboxylic acids is 1.